The first-order valence-electron chi connectivity index (χ1n) is 4.18. The molecule has 0 saturated heterocycles. The van der Waals surface area contributed by atoms with E-state index in [-0.39, 0.29) is 5.65 Å². The summed E-state index contributed by atoms with van der Waals surface area (Å²) in [6.07, 6.45) is -3.03. The molecule has 0 spiro atoms. The maximum atomic E-state index is 12.4. The van der Waals surface area contributed by atoms with Crippen molar-refractivity contribution in [3.8, 4) is 0 Å². The van der Waals surface area contributed by atoms with E-state index in [1.54, 1.807) is 0 Å². The van der Waals surface area contributed by atoms with Gasteiger partial charge in [0.2, 0.25) is 0 Å². The van der Waals surface area contributed by atoms with E-state index >= 15 is 0 Å². The summed E-state index contributed by atoms with van der Waals surface area (Å²) < 4.78 is 60.3. The highest BCUT2D eigenvalue weighted by molar-refractivity contribution is 8.13. The van der Waals surface area contributed by atoms with Crippen LogP contribution in [0.15, 0.2) is 29.6 Å². The van der Waals surface area contributed by atoms with Gasteiger partial charge in [-0.2, -0.15) is 13.2 Å². The van der Waals surface area contributed by atoms with Crippen LogP contribution in [-0.4, -0.2) is 17.8 Å². The lowest BCUT2D eigenvalue weighted by atomic mass is 10.3. The summed E-state index contributed by atoms with van der Waals surface area (Å²) in [7, 11) is 0.933. The normalized spacial score (nSPS) is 13.2. The minimum Gasteiger partial charge on any atom is -0.289 e. The molecule has 17 heavy (non-hydrogen) atoms. The zero-order valence-electron chi connectivity index (χ0n) is 7.94. The highest BCUT2D eigenvalue weighted by Gasteiger charge is 2.31. The first-order valence-corrected chi connectivity index (χ1v) is 6.49. The van der Waals surface area contributed by atoms with Crippen LogP contribution in [0.25, 0.3) is 5.65 Å². The van der Waals surface area contributed by atoms with Crippen LogP contribution in [0, 0.1) is 0 Å². The van der Waals surface area contributed by atoms with Crippen molar-refractivity contribution in [1.29, 1.82) is 0 Å². The lowest BCUT2D eigenvalue weighted by Gasteiger charge is -2.07. The third-order valence-electron chi connectivity index (χ3n) is 2.05. The van der Waals surface area contributed by atoms with E-state index in [4.69, 9.17) is 10.7 Å². The monoisotopic (exact) mass is 284 g/mol. The number of aromatic nitrogens is 2. The van der Waals surface area contributed by atoms with Gasteiger partial charge in [-0.25, -0.2) is 13.4 Å². The third-order valence-corrected chi connectivity index (χ3v) is 3.32. The van der Waals surface area contributed by atoms with Crippen LogP contribution in [-0.2, 0) is 15.2 Å². The second-order valence-corrected chi connectivity index (χ2v) is 5.69. The molecule has 92 valence electrons. The molecule has 0 saturated carbocycles. The van der Waals surface area contributed by atoms with Crippen LogP contribution in [0.4, 0.5) is 13.2 Å². The minimum absolute atomic E-state index is 0.0669. The van der Waals surface area contributed by atoms with Crippen LogP contribution in [0.5, 0.6) is 0 Å². The van der Waals surface area contributed by atoms with E-state index in [0.717, 1.165) is 22.7 Å². The fourth-order valence-electron chi connectivity index (χ4n) is 1.31. The Morgan fingerprint density at radius 3 is 2.47 bits per heavy atom. The molecule has 0 N–H and O–H groups in total. The molecule has 4 nitrogen and oxygen atoms in total. The van der Waals surface area contributed by atoms with E-state index in [2.05, 4.69) is 4.98 Å². The van der Waals surface area contributed by atoms with E-state index in [1.807, 2.05) is 0 Å². The summed E-state index contributed by atoms with van der Waals surface area (Å²) in [6.45, 7) is 0. The Labute approximate surface area is 98.1 Å². The zero-order valence-corrected chi connectivity index (χ0v) is 9.51. The van der Waals surface area contributed by atoms with Crippen LogP contribution >= 0.6 is 10.7 Å². The molecule has 0 atom stereocenters. The average molecular weight is 285 g/mol. The van der Waals surface area contributed by atoms with E-state index < -0.39 is 25.8 Å². The predicted octanol–water partition coefficient (Wildman–Crippen LogP) is 2.28. The molecule has 0 unspecified atom stereocenters. The molecule has 2 aromatic rings. The fourth-order valence-corrected chi connectivity index (χ4v) is 2.21. The van der Waals surface area contributed by atoms with Gasteiger partial charge >= 0.3 is 6.18 Å². The van der Waals surface area contributed by atoms with Crippen LogP contribution < -0.4 is 0 Å². The van der Waals surface area contributed by atoms with Crippen LogP contribution in [0.1, 0.15) is 5.56 Å². The quantitative estimate of drug-likeness (QED) is 0.755. The number of imidazole rings is 1. The highest BCUT2D eigenvalue weighted by Crippen LogP contribution is 2.30. The molecule has 0 aliphatic carbocycles. The van der Waals surface area contributed by atoms with Crippen molar-refractivity contribution >= 4 is 25.4 Å². The molecule has 0 fully saturated rings. The van der Waals surface area contributed by atoms with Crippen molar-refractivity contribution in [2.24, 2.45) is 0 Å². The number of halogens is 4. The fraction of sp³-hybridized carbons (Fsp3) is 0.125. The number of hydrogen-bond acceptors (Lipinski definition) is 3. The summed E-state index contributed by atoms with van der Waals surface area (Å²) in [4.78, 5) is 3.64. The number of nitrogens with zero attached hydrogens (tertiary/aromatic N) is 2. The second-order valence-electron chi connectivity index (χ2n) is 3.18. The molecule has 2 rings (SSSR count). The van der Waals surface area contributed by atoms with Gasteiger partial charge < -0.3 is 0 Å². The van der Waals surface area contributed by atoms with E-state index in [9.17, 15) is 21.6 Å². The summed E-state index contributed by atoms with van der Waals surface area (Å²) in [5, 5.41) is -0.500. The standard InChI is InChI=1S/C8H4ClF3N2O2S/c9-17(15,16)7-3-13-6-2-1-5(4-14(6)7)8(10,11)12/h1-4H. The van der Waals surface area contributed by atoms with Crippen molar-refractivity contribution in [2.45, 2.75) is 11.2 Å². The largest absolute Gasteiger partial charge is 0.417 e. The summed E-state index contributed by atoms with van der Waals surface area (Å²) in [5.41, 5.74) is -0.915. The minimum atomic E-state index is -4.56. The number of fused-ring (bicyclic) bond motifs is 1. The third kappa shape index (κ3) is 2.22. The van der Waals surface area contributed by atoms with Crippen molar-refractivity contribution in [1.82, 2.24) is 9.38 Å². The first kappa shape index (κ1) is 12.2. The lowest BCUT2D eigenvalue weighted by Crippen LogP contribution is -2.07. The van der Waals surface area contributed by atoms with Crippen molar-refractivity contribution in [3.05, 3.63) is 30.1 Å². The second kappa shape index (κ2) is 3.61. The summed E-state index contributed by atoms with van der Waals surface area (Å²) in [5.74, 6) is 0. The molecule has 0 aliphatic rings. The molecule has 0 bridgehead atoms. The average Bonchev–Trinajstić information content (AvgIpc) is 2.57. The van der Waals surface area contributed by atoms with Crippen molar-refractivity contribution in [2.75, 3.05) is 0 Å². The number of alkyl halides is 3. The number of rotatable bonds is 1. The van der Waals surface area contributed by atoms with Gasteiger partial charge in [-0.1, -0.05) is 0 Å². The molecule has 2 heterocycles. The van der Waals surface area contributed by atoms with Gasteiger partial charge in [0, 0.05) is 16.9 Å². The SMILES string of the molecule is O=S(=O)(Cl)c1cnc2ccc(C(F)(F)F)cn12. The van der Waals surface area contributed by atoms with Gasteiger partial charge in [0.25, 0.3) is 9.05 Å². The maximum absolute atomic E-state index is 12.4. The topological polar surface area (TPSA) is 51.4 Å². The predicted molar refractivity (Wildman–Crippen MR) is 53.2 cm³/mol. The molecule has 0 aromatic carbocycles. The Morgan fingerprint density at radius 1 is 1.29 bits per heavy atom. The summed E-state index contributed by atoms with van der Waals surface area (Å²) in [6, 6.07) is 1.88. The maximum Gasteiger partial charge on any atom is 0.417 e. The molecular weight excluding hydrogens is 281 g/mol. The smallest absolute Gasteiger partial charge is 0.289 e. The Hall–Kier alpha value is -1.28. The Balaban J connectivity index is 2.76. The molecule has 0 radical (unpaired) electrons. The number of pyridine rings is 1. The van der Waals surface area contributed by atoms with Crippen molar-refractivity contribution < 1.29 is 21.6 Å². The Bertz CT molecular complexity index is 678. The summed E-state index contributed by atoms with van der Waals surface area (Å²) >= 11 is 0. The van der Waals surface area contributed by atoms with Crippen molar-refractivity contribution in [3.63, 3.8) is 0 Å². The zero-order chi connectivity index (χ0) is 12.8. The van der Waals surface area contributed by atoms with E-state index in [0.29, 0.717) is 6.20 Å². The van der Waals surface area contributed by atoms with Gasteiger partial charge in [0.15, 0.2) is 5.03 Å². The van der Waals surface area contributed by atoms with Crippen LogP contribution in [0.3, 0.4) is 0 Å². The first-order chi connectivity index (χ1) is 7.69. The lowest BCUT2D eigenvalue weighted by molar-refractivity contribution is -0.137. The van der Waals surface area contributed by atoms with Gasteiger partial charge in [0.1, 0.15) is 5.65 Å². The molecule has 2 aromatic heterocycles. The van der Waals surface area contributed by atoms with E-state index in [1.165, 1.54) is 0 Å². The Kier molecular flexibility index (Phi) is 2.58. The van der Waals surface area contributed by atoms with Gasteiger partial charge in [-0.3, -0.25) is 4.40 Å². The molecule has 0 amide bonds. The highest BCUT2D eigenvalue weighted by atomic mass is 35.7. The molecular formula is C8H4ClF3N2O2S. The number of hydrogen-bond donors (Lipinski definition) is 0. The Morgan fingerprint density at radius 2 is 1.94 bits per heavy atom. The molecule has 0 aliphatic heterocycles. The van der Waals surface area contributed by atoms with Gasteiger partial charge in [0.05, 0.1) is 11.8 Å². The van der Waals surface area contributed by atoms with Gasteiger partial charge in [-0.05, 0) is 12.1 Å². The van der Waals surface area contributed by atoms with Crippen LogP contribution in [0.2, 0.25) is 0 Å². The molecule has 9 heteroatoms. The van der Waals surface area contributed by atoms with Gasteiger partial charge in [-0.15, -0.1) is 0 Å².